The van der Waals surface area contributed by atoms with Crippen molar-refractivity contribution in [3.63, 3.8) is 0 Å². The topological polar surface area (TPSA) is 59.3 Å². The molecule has 0 saturated carbocycles. The lowest BCUT2D eigenvalue weighted by Gasteiger charge is -2.02. The second-order valence-electron chi connectivity index (χ2n) is 6.36. The minimum atomic E-state index is -0.195. The van der Waals surface area contributed by atoms with Crippen molar-refractivity contribution in [2.75, 3.05) is 0 Å². The Morgan fingerprint density at radius 1 is 1.14 bits per heavy atom. The molecule has 5 nitrogen and oxygen atoms in total. The molecule has 1 aromatic heterocycles. The maximum absolute atomic E-state index is 12.4. The number of para-hydroxylation sites is 1. The first-order valence-electron chi connectivity index (χ1n) is 8.68. The zero-order chi connectivity index (χ0) is 19.7. The standard InChI is InChI=1S/C21H17ClN4OS/c1-13-7-6-8-15(11-13)23-21-24-20(27)18(28-21)12-17-14(2)25-26(19(17)22)16-9-4-3-5-10-16/h3-12H,1-2H3,(H,23,24,27)/b18-12-. The van der Waals surface area contributed by atoms with Crippen LogP contribution in [0.3, 0.4) is 0 Å². The number of nitrogens with zero attached hydrogens (tertiary/aromatic N) is 3. The van der Waals surface area contributed by atoms with Gasteiger partial charge in [-0.2, -0.15) is 5.10 Å². The molecule has 0 aliphatic carbocycles. The van der Waals surface area contributed by atoms with Crippen molar-refractivity contribution in [2.45, 2.75) is 13.8 Å². The van der Waals surface area contributed by atoms with Crippen molar-refractivity contribution in [2.24, 2.45) is 4.99 Å². The molecule has 1 aliphatic heterocycles. The number of aliphatic imine (C=N–C) groups is 1. The van der Waals surface area contributed by atoms with E-state index in [1.165, 1.54) is 11.8 Å². The van der Waals surface area contributed by atoms with Crippen LogP contribution in [0.5, 0.6) is 0 Å². The van der Waals surface area contributed by atoms with Gasteiger partial charge in [0.25, 0.3) is 5.91 Å². The first-order valence-corrected chi connectivity index (χ1v) is 9.87. The number of amides is 1. The number of thioether (sulfide) groups is 1. The number of hydrogen-bond acceptors (Lipinski definition) is 4. The maximum Gasteiger partial charge on any atom is 0.264 e. The summed E-state index contributed by atoms with van der Waals surface area (Å²) in [5.74, 6) is -0.195. The minimum absolute atomic E-state index is 0.195. The number of carbonyl (C=O) groups excluding carboxylic acids is 1. The second-order valence-corrected chi connectivity index (χ2v) is 7.75. The molecule has 0 spiro atoms. The van der Waals surface area contributed by atoms with E-state index in [4.69, 9.17) is 11.6 Å². The van der Waals surface area contributed by atoms with Crippen LogP contribution in [0.15, 0.2) is 64.5 Å². The van der Waals surface area contributed by atoms with E-state index in [1.807, 2.05) is 68.4 Å². The Morgan fingerprint density at radius 2 is 1.93 bits per heavy atom. The Balaban J connectivity index is 1.65. The molecule has 0 unspecified atom stereocenters. The van der Waals surface area contributed by atoms with Gasteiger partial charge in [0.1, 0.15) is 5.15 Å². The molecular formula is C21H17ClN4OS. The van der Waals surface area contributed by atoms with Crippen LogP contribution in [0.25, 0.3) is 11.8 Å². The fourth-order valence-corrected chi connectivity index (χ4v) is 3.99. The average Bonchev–Trinajstić information content (AvgIpc) is 3.16. The summed E-state index contributed by atoms with van der Waals surface area (Å²) in [5.41, 5.74) is 4.25. The van der Waals surface area contributed by atoms with Crippen LogP contribution in [-0.4, -0.2) is 20.9 Å². The van der Waals surface area contributed by atoms with Crippen molar-refractivity contribution in [1.82, 2.24) is 15.1 Å². The quantitative estimate of drug-likeness (QED) is 0.618. The zero-order valence-corrected chi connectivity index (χ0v) is 16.9. The molecule has 28 heavy (non-hydrogen) atoms. The minimum Gasteiger partial charge on any atom is -0.300 e. The summed E-state index contributed by atoms with van der Waals surface area (Å²) < 4.78 is 1.67. The number of carbonyl (C=O) groups is 1. The van der Waals surface area contributed by atoms with E-state index in [2.05, 4.69) is 15.4 Å². The number of nitrogens with one attached hydrogen (secondary N) is 1. The van der Waals surface area contributed by atoms with E-state index in [-0.39, 0.29) is 5.91 Å². The van der Waals surface area contributed by atoms with E-state index in [9.17, 15) is 4.79 Å². The summed E-state index contributed by atoms with van der Waals surface area (Å²) in [6, 6.07) is 17.5. The molecule has 0 atom stereocenters. The molecule has 1 amide bonds. The van der Waals surface area contributed by atoms with Gasteiger partial charge in [-0.3, -0.25) is 4.79 Å². The second kappa shape index (κ2) is 7.66. The molecule has 140 valence electrons. The molecule has 1 aliphatic rings. The summed E-state index contributed by atoms with van der Waals surface area (Å²) in [6.07, 6.45) is 1.77. The van der Waals surface area contributed by atoms with Gasteiger partial charge in [0.15, 0.2) is 5.17 Å². The van der Waals surface area contributed by atoms with Gasteiger partial charge in [-0.15, -0.1) is 0 Å². The van der Waals surface area contributed by atoms with Crippen molar-refractivity contribution in [3.05, 3.63) is 81.5 Å². The summed E-state index contributed by atoms with van der Waals surface area (Å²) in [7, 11) is 0. The number of hydrogen-bond donors (Lipinski definition) is 1. The van der Waals surface area contributed by atoms with Crippen LogP contribution in [0.1, 0.15) is 16.8 Å². The lowest BCUT2D eigenvalue weighted by atomic mass is 10.2. The normalized spacial score (nSPS) is 16.8. The van der Waals surface area contributed by atoms with Crippen LogP contribution in [0, 0.1) is 13.8 Å². The highest BCUT2D eigenvalue weighted by atomic mass is 35.5. The predicted molar refractivity (Wildman–Crippen MR) is 115 cm³/mol. The molecule has 3 aromatic rings. The molecule has 2 heterocycles. The highest BCUT2D eigenvalue weighted by Gasteiger charge is 2.25. The smallest absolute Gasteiger partial charge is 0.264 e. The van der Waals surface area contributed by atoms with Gasteiger partial charge in [-0.05, 0) is 61.5 Å². The summed E-state index contributed by atoms with van der Waals surface area (Å²) >= 11 is 7.85. The maximum atomic E-state index is 12.4. The van der Waals surface area contributed by atoms with Crippen molar-refractivity contribution in [3.8, 4) is 5.69 Å². The van der Waals surface area contributed by atoms with Gasteiger partial charge in [-0.1, -0.05) is 41.9 Å². The first-order chi connectivity index (χ1) is 13.5. The third-order valence-electron chi connectivity index (χ3n) is 4.21. The average molecular weight is 409 g/mol. The molecule has 4 rings (SSSR count). The van der Waals surface area contributed by atoms with E-state index in [0.29, 0.717) is 15.2 Å². The number of aryl methyl sites for hydroxylation is 2. The highest BCUT2D eigenvalue weighted by molar-refractivity contribution is 8.18. The zero-order valence-electron chi connectivity index (χ0n) is 15.3. The number of halogens is 1. The Hall–Kier alpha value is -2.83. The third kappa shape index (κ3) is 3.74. The summed E-state index contributed by atoms with van der Waals surface area (Å²) in [6.45, 7) is 3.88. The fourth-order valence-electron chi connectivity index (χ4n) is 2.84. The fraction of sp³-hybridized carbons (Fsp3) is 0.0952. The van der Waals surface area contributed by atoms with E-state index >= 15 is 0 Å². The van der Waals surface area contributed by atoms with E-state index in [1.54, 1.807) is 10.8 Å². The molecule has 7 heteroatoms. The molecule has 1 N–H and O–H groups in total. The number of aromatic nitrogens is 2. The Labute approximate surface area is 172 Å². The predicted octanol–water partition coefficient (Wildman–Crippen LogP) is 5.03. The van der Waals surface area contributed by atoms with Crippen LogP contribution < -0.4 is 5.32 Å². The van der Waals surface area contributed by atoms with Gasteiger partial charge in [-0.25, -0.2) is 9.67 Å². The van der Waals surface area contributed by atoms with Gasteiger partial charge in [0.2, 0.25) is 0 Å². The Kier molecular flexibility index (Phi) is 5.07. The molecule has 0 bridgehead atoms. The number of rotatable bonds is 3. The van der Waals surface area contributed by atoms with Gasteiger partial charge in [0, 0.05) is 5.56 Å². The Morgan fingerprint density at radius 3 is 2.68 bits per heavy atom. The SMILES string of the molecule is Cc1cccc(N=C2NC(=O)/C(=C/c3c(C)nn(-c4ccccc4)c3Cl)S2)c1. The van der Waals surface area contributed by atoms with Crippen molar-refractivity contribution in [1.29, 1.82) is 0 Å². The van der Waals surface area contributed by atoms with Gasteiger partial charge in [0.05, 0.1) is 22.0 Å². The van der Waals surface area contributed by atoms with Crippen LogP contribution in [-0.2, 0) is 4.79 Å². The molecular weight excluding hydrogens is 392 g/mol. The molecule has 0 radical (unpaired) electrons. The van der Waals surface area contributed by atoms with Crippen LogP contribution in [0.2, 0.25) is 5.15 Å². The molecule has 1 saturated heterocycles. The summed E-state index contributed by atoms with van der Waals surface area (Å²) in [4.78, 5) is 17.4. The molecule has 1 fully saturated rings. The first kappa shape index (κ1) is 18.5. The Bertz CT molecular complexity index is 1120. The van der Waals surface area contributed by atoms with Gasteiger partial charge < -0.3 is 5.32 Å². The van der Waals surface area contributed by atoms with E-state index < -0.39 is 0 Å². The summed E-state index contributed by atoms with van der Waals surface area (Å²) in [5, 5.41) is 8.33. The number of amidine groups is 1. The lowest BCUT2D eigenvalue weighted by molar-refractivity contribution is -0.115. The highest BCUT2D eigenvalue weighted by Crippen LogP contribution is 2.32. The monoisotopic (exact) mass is 408 g/mol. The van der Waals surface area contributed by atoms with Crippen molar-refractivity contribution >= 4 is 46.2 Å². The largest absolute Gasteiger partial charge is 0.300 e. The van der Waals surface area contributed by atoms with Crippen molar-refractivity contribution < 1.29 is 4.79 Å². The lowest BCUT2D eigenvalue weighted by Crippen LogP contribution is -2.19. The van der Waals surface area contributed by atoms with Crippen LogP contribution >= 0.6 is 23.4 Å². The number of benzene rings is 2. The third-order valence-corrected chi connectivity index (χ3v) is 5.48. The van der Waals surface area contributed by atoms with Crippen LogP contribution in [0.4, 0.5) is 5.69 Å². The van der Waals surface area contributed by atoms with Gasteiger partial charge >= 0.3 is 0 Å². The molecule has 2 aromatic carbocycles. The van der Waals surface area contributed by atoms with E-state index in [0.717, 1.165) is 28.2 Å².